The molecule has 0 radical (unpaired) electrons. The highest BCUT2D eigenvalue weighted by Gasteiger charge is 2.51. The van der Waals surface area contributed by atoms with Crippen LogP contribution in [0.2, 0.25) is 0 Å². The summed E-state index contributed by atoms with van der Waals surface area (Å²) < 4.78 is 0. The summed E-state index contributed by atoms with van der Waals surface area (Å²) in [5.74, 6) is 3.85. The molecule has 2 N–H and O–H groups in total. The molecule has 1 aromatic rings. The first-order valence-electron chi connectivity index (χ1n) is 7.87. The largest absolute Gasteiger partial charge is 0.393 e. The maximum absolute atomic E-state index is 10.4. The van der Waals surface area contributed by atoms with E-state index in [1.165, 1.54) is 38.5 Å². The molecule has 4 saturated carbocycles. The first kappa shape index (κ1) is 12.0. The average Bonchev–Trinajstić information content (AvgIpc) is 2.78. The zero-order valence-electron chi connectivity index (χ0n) is 11.5. The van der Waals surface area contributed by atoms with Crippen molar-refractivity contribution in [3.63, 3.8) is 0 Å². The Labute approximate surface area is 114 Å². The summed E-state index contributed by atoms with van der Waals surface area (Å²) in [4.78, 5) is 7.34. The predicted molar refractivity (Wildman–Crippen MR) is 73.5 cm³/mol. The number of H-pyrrole nitrogens is 1. The van der Waals surface area contributed by atoms with Gasteiger partial charge in [0.05, 0.1) is 6.10 Å². The van der Waals surface area contributed by atoms with Crippen molar-refractivity contribution in [3.8, 4) is 0 Å². The van der Waals surface area contributed by atoms with Crippen molar-refractivity contribution in [3.05, 3.63) is 18.2 Å². The minimum Gasteiger partial charge on any atom is -0.393 e. The van der Waals surface area contributed by atoms with E-state index < -0.39 is 0 Å². The summed E-state index contributed by atoms with van der Waals surface area (Å²) in [7, 11) is 0. The van der Waals surface area contributed by atoms with E-state index in [4.69, 9.17) is 0 Å². The molecule has 0 aliphatic heterocycles. The normalized spacial score (nSPS) is 41.6. The third kappa shape index (κ3) is 2.22. The number of aliphatic hydroxyl groups is 1. The van der Waals surface area contributed by atoms with E-state index >= 15 is 0 Å². The predicted octanol–water partition coefficient (Wildman–Crippen LogP) is 2.92. The zero-order valence-corrected chi connectivity index (χ0v) is 11.5. The number of imidazole rings is 1. The van der Waals surface area contributed by atoms with Crippen molar-refractivity contribution in [2.75, 3.05) is 0 Å². The van der Waals surface area contributed by atoms with Gasteiger partial charge in [-0.2, -0.15) is 0 Å². The minimum absolute atomic E-state index is 0.220. The third-order valence-corrected chi connectivity index (χ3v) is 5.82. The number of rotatable bonds is 4. The first-order valence-corrected chi connectivity index (χ1v) is 7.87. The summed E-state index contributed by atoms with van der Waals surface area (Å²) in [6.45, 7) is 0. The van der Waals surface area contributed by atoms with E-state index in [1.54, 1.807) is 6.20 Å². The van der Waals surface area contributed by atoms with Gasteiger partial charge in [-0.25, -0.2) is 4.98 Å². The van der Waals surface area contributed by atoms with Crippen molar-refractivity contribution in [1.29, 1.82) is 0 Å². The number of hydrogen-bond acceptors (Lipinski definition) is 2. The van der Waals surface area contributed by atoms with Gasteiger partial charge in [0.2, 0.25) is 0 Å². The summed E-state index contributed by atoms with van der Waals surface area (Å²) in [5.41, 5.74) is 0.473. The lowest BCUT2D eigenvalue weighted by Gasteiger charge is -2.57. The lowest BCUT2D eigenvalue weighted by atomic mass is 9.48. The highest BCUT2D eigenvalue weighted by atomic mass is 16.3. The summed E-state index contributed by atoms with van der Waals surface area (Å²) in [5, 5.41) is 10.4. The van der Waals surface area contributed by atoms with Gasteiger partial charge in [0, 0.05) is 18.8 Å². The fourth-order valence-corrected chi connectivity index (χ4v) is 5.74. The minimum atomic E-state index is -0.220. The molecule has 4 aliphatic rings. The number of aromatic nitrogens is 2. The van der Waals surface area contributed by atoms with Crippen LogP contribution in [-0.2, 0) is 6.42 Å². The van der Waals surface area contributed by atoms with Crippen LogP contribution >= 0.6 is 0 Å². The van der Waals surface area contributed by atoms with E-state index in [2.05, 4.69) is 9.97 Å². The molecular weight excluding hydrogens is 236 g/mol. The summed E-state index contributed by atoms with van der Waals surface area (Å²) in [6, 6.07) is 0. The second-order valence-corrected chi connectivity index (χ2v) is 7.52. The molecule has 104 valence electrons. The monoisotopic (exact) mass is 260 g/mol. The van der Waals surface area contributed by atoms with Gasteiger partial charge in [0.15, 0.2) is 0 Å². The van der Waals surface area contributed by atoms with E-state index in [0.29, 0.717) is 11.8 Å². The van der Waals surface area contributed by atoms with Crippen molar-refractivity contribution in [2.45, 2.75) is 57.5 Å². The quantitative estimate of drug-likeness (QED) is 0.874. The van der Waals surface area contributed by atoms with Gasteiger partial charge in [0.25, 0.3) is 0 Å². The molecule has 1 heterocycles. The zero-order chi connectivity index (χ0) is 12.9. The Bertz CT molecular complexity index is 404. The molecule has 19 heavy (non-hydrogen) atoms. The van der Waals surface area contributed by atoms with Gasteiger partial charge in [-0.05, 0) is 68.1 Å². The Morgan fingerprint density at radius 3 is 2.37 bits per heavy atom. The average molecular weight is 260 g/mol. The van der Waals surface area contributed by atoms with Gasteiger partial charge < -0.3 is 10.1 Å². The van der Waals surface area contributed by atoms with Crippen LogP contribution < -0.4 is 0 Å². The van der Waals surface area contributed by atoms with Crippen LogP contribution in [0.3, 0.4) is 0 Å². The molecule has 0 saturated heterocycles. The fourth-order valence-electron chi connectivity index (χ4n) is 5.74. The molecule has 4 fully saturated rings. The smallest absolute Gasteiger partial charge is 0.108 e. The van der Waals surface area contributed by atoms with E-state index in [-0.39, 0.29) is 6.10 Å². The van der Waals surface area contributed by atoms with Crippen LogP contribution in [0, 0.1) is 23.2 Å². The van der Waals surface area contributed by atoms with Gasteiger partial charge in [-0.1, -0.05) is 0 Å². The molecular formula is C16H24N2O. The van der Waals surface area contributed by atoms with Crippen LogP contribution in [0.15, 0.2) is 12.4 Å². The van der Waals surface area contributed by atoms with Gasteiger partial charge in [0.1, 0.15) is 5.82 Å². The van der Waals surface area contributed by atoms with Crippen LogP contribution in [0.4, 0.5) is 0 Å². The van der Waals surface area contributed by atoms with Gasteiger partial charge in [-0.3, -0.25) is 0 Å². The highest BCUT2D eigenvalue weighted by Crippen LogP contribution is 2.61. The van der Waals surface area contributed by atoms with Crippen LogP contribution in [0.5, 0.6) is 0 Å². The molecule has 4 bridgehead atoms. The molecule has 3 nitrogen and oxygen atoms in total. The van der Waals surface area contributed by atoms with Crippen LogP contribution in [-0.4, -0.2) is 21.2 Å². The maximum atomic E-state index is 10.4. The van der Waals surface area contributed by atoms with E-state index in [1.807, 2.05) is 6.20 Å². The van der Waals surface area contributed by atoms with Crippen molar-refractivity contribution >= 4 is 0 Å². The molecule has 1 atom stereocenters. The van der Waals surface area contributed by atoms with E-state index in [0.717, 1.165) is 30.0 Å². The first-order chi connectivity index (χ1) is 9.21. The second kappa shape index (κ2) is 4.34. The third-order valence-electron chi connectivity index (χ3n) is 5.82. The number of aromatic amines is 1. The van der Waals surface area contributed by atoms with E-state index in [9.17, 15) is 5.11 Å². The second-order valence-electron chi connectivity index (χ2n) is 7.52. The topological polar surface area (TPSA) is 48.9 Å². The number of nitrogens with one attached hydrogen (secondary N) is 1. The molecule has 0 amide bonds. The Morgan fingerprint density at radius 1 is 1.21 bits per heavy atom. The molecule has 5 rings (SSSR count). The van der Waals surface area contributed by atoms with Gasteiger partial charge >= 0.3 is 0 Å². The standard InChI is InChI=1S/C16H24N2O/c19-14(6-15-17-1-2-18-15)10-16-7-11-3-12(8-16)5-13(4-11)9-16/h1-2,11-14,19H,3-10H2,(H,17,18). The lowest BCUT2D eigenvalue weighted by molar-refractivity contribution is -0.0757. The Kier molecular flexibility index (Phi) is 2.73. The SMILES string of the molecule is OC(Cc1ncc[nH]1)CC12CC3CC(CC(C3)C1)C2. The van der Waals surface area contributed by atoms with Crippen LogP contribution in [0.25, 0.3) is 0 Å². The Hall–Kier alpha value is -0.830. The summed E-state index contributed by atoms with van der Waals surface area (Å²) in [6.07, 6.45) is 13.7. The highest BCUT2D eigenvalue weighted by molar-refractivity contribution is 5.02. The molecule has 0 aromatic carbocycles. The number of aliphatic hydroxyl groups excluding tert-OH is 1. The molecule has 1 aromatic heterocycles. The fraction of sp³-hybridized carbons (Fsp3) is 0.812. The molecule has 4 aliphatic carbocycles. The Morgan fingerprint density at radius 2 is 1.84 bits per heavy atom. The lowest BCUT2D eigenvalue weighted by Crippen LogP contribution is -2.47. The van der Waals surface area contributed by atoms with Crippen molar-refractivity contribution < 1.29 is 5.11 Å². The maximum Gasteiger partial charge on any atom is 0.108 e. The van der Waals surface area contributed by atoms with Gasteiger partial charge in [-0.15, -0.1) is 0 Å². The van der Waals surface area contributed by atoms with Crippen LogP contribution in [0.1, 0.15) is 50.8 Å². The van der Waals surface area contributed by atoms with Crippen molar-refractivity contribution in [1.82, 2.24) is 9.97 Å². The molecule has 1 unspecified atom stereocenters. The molecule has 3 heteroatoms. The summed E-state index contributed by atoms with van der Waals surface area (Å²) >= 11 is 0. The van der Waals surface area contributed by atoms with Crippen molar-refractivity contribution in [2.24, 2.45) is 23.2 Å². The Balaban J connectivity index is 1.44. The number of nitrogens with zero attached hydrogens (tertiary/aromatic N) is 1. The number of hydrogen-bond donors (Lipinski definition) is 2. The molecule has 0 spiro atoms.